The number of anilines is 1. The van der Waals surface area contributed by atoms with Crippen LogP contribution in [0.25, 0.3) is 0 Å². The summed E-state index contributed by atoms with van der Waals surface area (Å²) in [5.74, 6) is 0.418. The molecule has 0 atom stereocenters. The first-order valence-electron chi connectivity index (χ1n) is 2.97. The summed E-state index contributed by atoms with van der Waals surface area (Å²) < 4.78 is 0.705. The van der Waals surface area contributed by atoms with Gasteiger partial charge in [0, 0.05) is 6.20 Å². The number of aromatic nitrogens is 1. The number of nitrogens with two attached hydrogens (primary N) is 1. The lowest BCUT2D eigenvalue weighted by Crippen LogP contribution is -1.95. The van der Waals surface area contributed by atoms with Crippen LogP contribution in [0.5, 0.6) is 0 Å². The largest absolute Gasteiger partial charge is 0.383 e. The third kappa shape index (κ3) is 1.33. The molecular formula is C7H6BrN3. The van der Waals surface area contributed by atoms with Crippen LogP contribution in [0, 0.1) is 18.3 Å². The van der Waals surface area contributed by atoms with Crippen molar-refractivity contribution in [2.45, 2.75) is 6.92 Å². The molecule has 4 heteroatoms. The Morgan fingerprint density at radius 1 is 1.73 bits per heavy atom. The summed E-state index contributed by atoms with van der Waals surface area (Å²) in [5, 5.41) is 8.58. The highest BCUT2D eigenvalue weighted by molar-refractivity contribution is 9.10. The minimum absolute atomic E-state index is 0.418. The predicted octanol–water partition coefficient (Wildman–Crippen LogP) is 1.61. The first-order valence-corrected chi connectivity index (χ1v) is 3.76. The summed E-state index contributed by atoms with van der Waals surface area (Å²) in [6, 6.07) is 2.02. The molecule has 0 spiro atoms. The number of nitrogen functional groups attached to an aromatic ring is 1. The Kier molecular flexibility index (Phi) is 2.11. The molecule has 0 aliphatic rings. The molecule has 1 heterocycles. The Bertz CT molecular complexity index is 327. The van der Waals surface area contributed by atoms with Crippen molar-refractivity contribution in [1.29, 1.82) is 5.26 Å². The first kappa shape index (κ1) is 8.02. The molecule has 2 N–H and O–H groups in total. The van der Waals surface area contributed by atoms with Gasteiger partial charge in [0.2, 0.25) is 0 Å². The maximum Gasteiger partial charge on any atom is 0.138 e. The molecule has 56 valence electrons. The van der Waals surface area contributed by atoms with E-state index in [1.807, 2.05) is 13.0 Å². The maximum absolute atomic E-state index is 8.58. The Hall–Kier alpha value is -1.08. The Labute approximate surface area is 73.0 Å². The Morgan fingerprint density at radius 3 is 2.91 bits per heavy atom. The monoisotopic (exact) mass is 211 g/mol. The van der Waals surface area contributed by atoms with Gasteiger partial charge >= 0.3 is 0 Å². The van der Waals surface area contributed by atoms with E-state index in [4.69, 9.17) is 11.0 Å². The van der Waals surface area contributed by atoms with E-state index in [2.05, 4.69) is 20.9 Å². The summed E-state index contributed by atoms with van der Waals surface area (Å²) in [6.45, 7) is 1.82. The van der Waals surface area contributed by atoms with Crippen molar-refractivity contribution >= 4 is 21.7 Å². The van der Waals surface area contributed by atoms with E-state index in [-0.39, 0.29) is 0 Å². The molecule has 0 amide bonds. The fourth-order valence-corrected chi connectivity index (χ4v) is 1.03. The van der Waals surface area contributed by atoms with E-state index in [0.29, 0.717) is 15.9 Å². The molecule has 1 aromatic rings. The smallest absolute Gasteiger partial charge is 0.138 e. The van der Waals surface area contributed by atoms with E-state index >= 15 is 0 Å². The van der Waals surface area contributed by atoms with Crippen LogP contribution in [0.4, 0.5) is 5.82 Å². The van der Waals surface area contributed by atoms with Crippen LogP contribution in [0.1, 0.15) is 11.1 Å². The zero-order valence-electron chi connectivity index (χ0n) is 5.93. The van der Waals surface area contributed by atoms with Crippen LogP contribution in [-0.4, -0.2) is 4.98 Å². The average Bonchev–Trinajstić information content (AvgIpc) is 2.01. The number of nitrogens with zero attached hydrogens (tertiary/aromatic N) is 2. The van der Waals surface area contributed by atoms with Crippen LogP contribution in [0.3, 0.4) is 0 Å². The zero-order valence-corrected chi connectivity index (χ0v) is 7.51. The minimum atomic E-state index is 0.418. The summed E-state index contributed by atoms with van der Waals surface area (Å²) in [6.07, 6.45) is 1.47. The summed E-state index contributed by atoms with van der Waals surface area (Å²) in [5.41, 5.74) is 6.86. The van der Waals surface area contributed by atoms with Gasteiger partial charge < -0.3 is 5.73 Å². The molecule has 0 saturated carbocycles. The van der Waals surface area contributed by atoms with E-state index in [1.165, 1.54) is 6.20 Å². The van der Waals surface area contributed by atoms with Crippen molar-refractivity contribution in [1.82, 2.24) is 4.98 Å². The molecular weight excluding hydrogens is 206 g/mol. The van der Waals surface area contributed by atoms with Gasteiger partial charge in [-0.05, 0) is 28.4 Å². The lowest BCUT2D eigenvalue weighted by Gasteiger charge is -2.01. The predicted molar refractivity (Wildman–Crippen MR) is 45.8 cm³/mol. The van der Waals surface area contributed by atoms with Crippen molar-refractivity contribution in [2.24, 2.45) is 0 Å². The van der Waals surface area contributed by atoms with E-state index in [1.54, 1.807) is 0 Å². The minimum Gasteiger partial charge on any atom is -0.383 e. The molecule has 0 radical (unpaired) electrons. The lowest BCUT2D eigenvalue weighted by atomic mass is 10.2. The second kappa shape index (κ2) is 2.89. The zero-order chi connectivity index (χ0) is 8.43. The highest BCUT2D eigenvalue weighted by Crippen LogP contribution is 2.23. The van der Waals surface area contributed by atoms with Gasteiger partial charge in [0.05, 0.1) is 10.0 Å². The van der Waals surface area contributed by atoms with Gasteiger partial charge in [0.25, 0.3) is 0 Å². The molecule has 0 fully saturated rings. The van der Waals surface area contributed by atoms with Crippen molar-refractivity contribution in [2.75, 3.05) is 5.73 Å². The molecule has 0 unspecified atom stereocenters. The molecule has 0 aromatic carbocycles. The quantitative estimate of drug-likeness (QED) is 0.710. The number of hydrogen-bond donors (Lipinski definition) is 1. The Morgan fingerprint density at radius 2 is 2.36 bits per heavy atom. The van der Waals surface area contributed by atoms with Crippen molar-refractivity contribution in [3.63, 3.8) is 0 Å². The van der Waals surface area contributed by atoms with Crippen LogP contribution < -0.4 is 5.73 Å². The summed E-state index contributed by atoms with van der Waals surface area (Å²) in [7, 11) is 0. The first-order chi connectivity index (χ1) is 5.16. The molecule has 1 aromatic heterocycles. The SMILES string of the molecule is Cc1c(C#N)cnc(N)c1Br. The molecule has 0 bridgehead atoms. The van der Waals surface area contributed by atoms with E-state index in [9.17, 15) is 0 Å². The van der Waals surface area contributed by atoms with Gasteiger partial charge in [-0.2, -0.15) is 5.26 Å². The van der Waals surface area contributed by atoms with Crippen LogP contribution in [0.15, 0.2) is 10.7 Å². The highest BCUT2D eigenvalue weighted by atomic mass is 79.9. The van der Waals surface area contributed by atoms with Gasteiger partial charge in [0.1, 0.15) is 11.9 Å². The van der Waals surface area contributed by atoms with Crippen molar-refractivity contribution < 1.29 is 0 Å². The van der Waals surface area contributed by atoms with Crippen molar-refractivity contribution in [3.05, 3.63) is 21.8 Å². The summed E-state index contributed by atoms with van der Waals surface area (Å²) >= 11 is 3.23. The third-order valence-electron chi connectivity index (χ3n) is 1.41. The number of pyridine rings is 1. The number of nitriles is 1. The van der Waals surface area contributed by atoms with Crippen LogP contribution in [-0.2, 0) is 0 Å². The fraction of sp³-hybridized carbons (Fsp3) is 0.143. The molecule has 0 saturated heterocycles. The Balaban J connectivity index is 3.40. The third-order valence-corrected chi connectivity index (χ3v) is 2.41. The number of hydrogen-bond acceptors (Lipinski definition) is 3. The molecule has 11 heavy (non-hydrogen) atoms. The number of rotatable bonds is 0. The number of halogens is 1. The molecule has 3 nitrogen and oxygen atoms in total. The molecule has 0 aliphatic carbocycles. The van der Waals surface area contributed by atoms with Crippen molar-refractivity contribution in [3.8, 4) is 6.07 Å². The van der Waals surface area contributed by atoms with Gasteiger partial charge in [0.15, 0.2) is 0 Å². The van der Waals surface area contributed by atoms with Gasteiger partial charge in [-0.25, -0.2) is 4.98 Å². The van der Waals surface area contributed by atoms with Gasteiger partial charge in [-0.15, -0.1) is 0 Å². The molecule has 1 rings (SSSR count). The van der Waals surface area contributed by atoms with Gasteiger partial charge in [-0.3, -0.25) is 0 Å². The van der Waals surface area contributed by atoms with Crippen LogP contribution >= 0.6 is 15.9 Å². The van der Waals surface area contributed by atoms with Crippen LogP contribution in [0.2, 0.25) is 0 Å². The normalized spacial score (nSPS) is 9.18. The maximum atomic E-state index is 8.58. The topological polar surface area (TPSA) is 62.7 Å². The van der Waals surface area contributed by atoms with E-state index < -0.39 is 0 Å². The second-order valence-electron chi connectivity index (χ2n) is 2.11. The second-order valence-corrected chi connectivity index (χ2v) is 2.90. The average molecular weight is 212 g/mol. The molecule has 0 aliphatic heterocycles. The van der Waals surface area contributed by atoms with Gasteiger partial charge in [-0.1, -0.05) is 0 Å². The summed E-state index contributed by atoms with van der Waals surface area (Å²) in [4.78, 5) is 3.82. The standard InChI is InChI=1S/C7H6BrN3/c1-4-5(2-9)3-11-7(10)6(4)8/h3H,1H3,(H2,10,11). The highest BCUT2D eigenvalue weighted by Gasteiger charge is 2.04. The fourth-order valence-electron chi connectivity index (χ4n) is 0.711. The van der Waals surface area contributed by atoms with E-state index in [0.717, 1.165) is 5.56 Å². The lowest BCUT2D eigenvalue weighted by molar-refractivity contribution is 1.24.